The predicted molar refractivity (Wildman–Crippen MR) is 66.6 cm³/mol. The third-order valence-corrected chi connectivity index (χ3v) is 3.14. The average Bonchev–Trinajstić information content (AvgIpc) is 2.34. The zero-order valence-electron chi connectivity index (χ0n) is 9.23. The largest absolute Gasteiger partial charge is 0.385 e. The van der Waals surface area contributed by atoms with Crippen molar-refractivity contribution in [3.8, 4) is 0 Å². The fourth-order valence-electron chi connectivity index (χ4n) is 1.19. The van der Waals surface area contributed by atoms with Gasteiger partial charge in [-0.25, -0.2) is 0 Å². The van der Waals surface area contributed by atoms with Crippen LogP contribution in [0.3, 0.4) is 0 Å². The van der Waals surface area contributed by atoms with Crippen molar-refractivity contribution in [3.05, 3.63) is 29.8 Å². The van der Waals surface area contributed by atoms with Crippen molar-refractivity contribution in [1.82, 2.24) is 0 Å². The molecule has 0 aromatic heterocycles. The van der Waals surface area contributed by atoms with E-state index in [1.54, 1.807) is 31.0 Å². The summed E-state index contributed by atoms with van der Waals surface area (Å²) >= 11 is 1.75. The molecule has 0 bridgehead atoms. The molecule has 0 atom stereocenters. The highest BCUT2D eigenvalue weighted by atomic mass is 32.2. The fraction of sp³-hybridized carbons (Fsp3) is 0.333. The molecule has 0 aliphatic carbocycles. The maximum absolute atomic E-state index is 10.4. The Morgan fingerprint density at radius 2 is 2.12 bits per heavy atom. The summed E-state index contributed by atoms with van der Waals surface area (Å²) in [5.74, 6) is 1.01. The minimum atomic E-state index is 0.0240. The molecule has 0 unspecified atom stereocenters. The molecule has 86 valence electrons. The number of benzene rings is 1. The van der Waals surface area contributed by atoms with E-state index in [1.807, 2.05) is 12.1 Å². The second kappa shape index (κ2) is 7.19. The number of carbonyl (C=O) groups excluding carboxylic acids is 1. The molecule has 0 fully saturated rings. The molecule has 0 aliphatic heterocycles. The van der Waals surface area contributed by atoms with Crippen LogP contribution in [0.1, 0.15) is 12.0 Å². The summed E-state index contributed by atoms with van der Waals surface area (Å²) < 4.78 is 4.96. The molecule has 4 heteroatoms. The van der Waals surface area contributed by atoms with Crippen molar-refractivity contribution >= 4 is 23.8 Å². The van der Waals surface area contributed by atoms with Gasteiger partial charge in [0.15, 0.2) is 6.29 Å². The van der Waals surface area contributed by atoms with Crippen LogP contribution in [0.25, 0.3) is 0 Å². The van der Waals surface area contributed by atoms with Crippen molar-refractivity contribution in [2.24, 2.45) is 0 Å². The molecule has 0 saturated heterocycles. The van der Waals surface area contributed by atoms with Crippen molar-refractivity contribution in [3.63, 3.8) is 0 Å². The fourth-order valence-corrected chi connectivity index (χ4v) is 2.02. The Hall–Kier alpha value is -1.13. The highest BCUT2D eigenvalue weighted by molar-refractivity contribution is 7.99. The summed E-state index contributed by atoms with van der Waals surface area (Å²) in [4.78, 5) is 11.5. The van der Waals surface area contributed by atoms with Crippen LogP contribution >= 0.6 is 11.8 Å². The highest BCUT2D eigenvalue weighted by Crippen LogP contribution is 2.19. The minimum Gasteiger partial charge on any atom is -0.385 e. The van der Waals surface area contributed by atoms with Crippen LogP contribution in [0.4, 0.5) is 0 Å². The van der Waals surface area contributed by atoms with Gasteiger partial charge in [-0.05, 0) is 18.6 Å². The number of hydrogen-bond acceptors (Lipinski definition) is 4. The van der Waals surface area contributed by atoms with Crippen molar-refractivity contribution < 1.29 is 9.53 Å². The van der Waals surface area contributed by atoms with Gasteiger partial charge in [-0.3, -0.25) is 10.2 Å². The van der Waals surface area contributed by atoms with Gasteiger partial charge < -0.3 is 4.74 Å². The standard InChI is InChI=1S/C12H15NO2S/c1-15-7-2-8-16-11-5-3-10(4-6-11)12(13)9-14/h3-6,9,13H,2,7-8H2,1H3. The van der Waals surface area contributed by atoms with Crippen LogP contribution in [0.15, 0.2) is 29.2 Å². The second-order valence-corrected chi connectivity index (χ2v) is 4.42. The molecule has 0 saturated carbocycles. The van der Waals surface area contributed by atoms with Gasteiger partial charge in [-0.2, -0.15) is 0 Å². The lowest BCUT2D eigenvalue weighted by Crippen LogP contribution is -1.98. The number of hydrogen-bond donors (Lipinski definition) is 1. The maximum atomic E-state index is 10.4. The molecule has 1 aromatic rings. The van der Waals surface area contributed by atoms with Gasteiger partial charge >= 0.3 is 0 Å². The molecule has 3 nitrogen and oxygen atoms in total. The predicted octanol–water partition coefficient (Wildman–Crippen LogP) is 2.38. The van der Waals surface area contributed by atoms with E-state index in [0.717, 1.165) is 23.7 Å². The Morgan fingerprint density at radius 1 is 1.44 bits per heavy atom. The van der Waals surface area contributed by atoms with Crippen molar-refractivity contribution in [2.45, 2.75) is 11.3 Å². The van der Waals surface area contributed by atoms with E-state index < -0.39 is 0 Å². The first kappa shape index (κ1) is 12.9. The number of nitrogens with one attached hydrogen (secondary N) is 1. The summed E-state index contributed by atoms with van der Waals surface area (Å²) in [7, 11) is 1.70. The highest BCUT2D eigenvalue weighted by Gasteiger charge is 1.99. The van der Waals surface area contributed by atoms with Crippen LogP contribution < -0.4 is 0 Å². The lowest BCUT2D eigenvalue weighted by Gasteiger charge is -2.02. The quantitative estimate of drug-likeness (QED) is 0.343. The first-order chi connectivity index (χ1) is 7.77. The molecular formula is C12H15NO2S. The summed E-state index contributed by atoms with van der Waals surface area (Å²) in [6.07, 6.45) is 1.58. The number of thioether (sulfide) groups is 1. The number of ether oxygens (including phenoxy) is 1. The van der Waals surface area contributed by atoms with Gasteiger partial charge in [0.1, 0.15) is 5.71 Å². The monoisotopic (exact) mass is 237 g/mol. The number of rotatable bonds is 7. The van der Waals surface area contributed by atoms with E-state index in [0.29, 0.717) is 11.8 Å². The molecule has 0 heterocycles. The van der Waals surface area contributed by atoms with Crippen LogP contribution in [0, 0.1) is 5.41 Å². The third kappa shape index (κ3) is 4.16. The average molecular weight is 237 g/mol. The molecule has 0 radical (unpaired) electrons. The second-order valence-electron chi connectivity index (χ2n) is 3.25. The first-order valence-corrected chi connectivity index (χ1v) is 6.02. The third-order valence-electron chi connectivity index (χ3n) is 2.04. The van der Waals surface area contributed by atoms with Crippen molar-refractivity contribution in [2.75, 3.05) is 19.5 Å². The van der Waals surface area contributed by atoms with Gasteiger partial charge in [0, 0.05) is 29.9 Å². The van der Waals surface area contributed by atoms with Crippen LogP contribution in [0.2, 0.25) is 0 Å². The summed E-state index contributed by atoms with van der Waals surface area (Å²) in [5.41, 5.74) is 0.687. The molecule has 0 aliphatic rings. The Labute approximate surface area is 99.7 Å². The molecule has 1 N–H and O–H groups in total. The molecular weight excluding hydrogens is 222 g/mol. The smallest absolute Gasteiger partial charge is 0.168 e. The van der Waals surface area contributed by atoms with E-state index in [2.05, 4.69) is 0 Å². The Balaban J connectivity index is 2.45. The van der Waals surface area contributed by atoms with Crippen LogP contribution in [-0.2, 0) is 9.53 Å². The normalized spacial score (nSPS) is 10.1. The Kier molecular flexibility index (Phi) is 5.82. The lowest BCUT2D eigenvalue weighted by molar-refractivity contribution is -0.102. The van der Waals surface area contributed by atoms with E-state index >= 15 is 0 Å². The maximum Gasteiger partial charge on any atom is 0.168 e. The zero-order valence-corrected chi connectivity index (χ0v) is 10.0. The topological polar surface area (TPSA) is 50.1 Å². The van der Waals surface area contributed by atoms with E-state index in [1.165, 1.54) is 0 Å². The van der Waals surface area contributed by atoms with Crippen LogP contribution in [-0.4, -0.2) is 31.5 Å². The van der Waals surface area contributed by atoms with Crippen molar-refractivity contribution in [1.29, 1.82) is 5.41 Å². The Bertz CT molecular complexity index is 349. The molecule has 1 rings (SSSR count). The summed E-state index contributed by atoms with van der Waals surface area (Å²) in [5, 5.41) is 7.35. The number of carbonyl (C=O) groups is 1. The molecule has 16 heavy (non-hydrogen) atoms. The zero-order chi connectivity index (χ0) is 11.8. The Morgan fingerprint density at radius 3 is 2.69 bits per heavy atom. The molecule has 1 aromatic carbocycles. The molecule has 0 amide bonds. The van der Waals surface area contributed by atoms with Gasteiger partial charge in [-0.1, -0.05) is 12.1 Å². The van der Waals surface area contributed by atoms with Crippen LogP contribution in [0.5, 0.6) is 0 Å². The van der Waals surface area contributed by atoms with E-state index in [-0.39, 0.29) is 5.71 Å². The van der Waals surface area contributed by atoms with Gasteiger partial charge in [0.05, 0.1) is 0 Å². The van der Waals surface area contributed by atoms with Gasteiger partial charge in [0.25, 0.3) is 0 Å². The number of aldehydes is 1. The SMILES string of the molecule is COCCCSc1ccc(C(=N)C=O)cc1. The van der Waals surface area contributed by atoms with Gasteiger partial charge in [0.2, 0.25) is 0 Å². The summed E-state index contributed by atoms with van der Waals surface area (Å²) in [6, 6.07) is 7.47. The number of methoxy groups -OCH3 is 1. The van der Waals surface area contributed by atoms with Gasteiger partial charge in [-0.15, -0.1) is 11.8 Å². The lowest BCUT2D eigenvalue weighted by atomic mass is 10.1. The minimum absolute atomic E-state index is 0.0240. The first-order valence-electron chi connectivity index (χ1n) is 5.04. The molecule has 0 spiro atoms. The van der Waals surface area contributed by atoms with E-state index in [4.69, 9.17) is 10.1 Å². The van der Waals surface area contributed by atoms with E-state index in [9.17, 15) is 4.79 Å². The summed E-state index contributed by atoms with van der Waals surface area (Å²) in [6.45, 7) is 0.779.